The third kappa shape index (κ3) is 2.77. The highest BCUT2D eigenvalue weighted by atomic mass is 16.5. The van der Waals surface area contributed by atoms with Crippen LogP contribution in [-0.2, 0) is 6.42 Å². The Morgan fingerprint density at radius 1 is 1.28 bits per heavy atom. The van der Waals surface area contributed by atoms with E-state index in [4.69, 9.17) is 4.74 Å². The number of H-pyrrole nitrogens is 2. The maximum atomic E-state index is 13.1. The average molecular weight is 387 g/mol. The normalized spacial score (nSPS) is 15.9. The summed E-state index contributed by atoms with van der Waals surface area (Å²) in [6.07, 6.45) is 6.30. The first-order valence-corrected chi connectivity index (χ1v) is 9.57. The lowest BCUT2D eigenvalue weighted by molar-refractivity contribution is 0.0745. The number of amides is 1. The van der Waals surface area contributed by atoms with Crippen molar-refractivity contribution in [2.24, 2.45) is 0 Å². The first kappa shape index (κ1) is 17.5. The lowest BCUT2D eigenvalue weighted by Gasteiger charge is -2.26. The predicted molar refractivity (Wildman–Crippen MR) is 109 cm³/mol. The van der Waals surface area contributed by atoms with E-state index >= 15 is 0 Å². The number of aromatic amines is 2. The van der Waals surface area contributed by atoms with Crippen molar-refractivity contribution < 1.29 is 9.53 Å². The van der Waals surface area contributed by atoms with Crippen LogP contribution in [0.25, 0.3) is 10.9 Å². The Kier molecular flexibility index (Phi) is 4.08. The molecule has 4 heterocycles. The van der Waals surface area contributed by atoms with Crippen LogP contribution < -0.4 is 4.74 Å². The molecule has 1 aliphatic rings. The van der Waals surface area contributed by atoms with Crippen molar-refractivity contribution in [2.75, 3.05) is 13.7 Å². The van der Waals surface area contributed by atoms with Crippen molar-refractivity contribution in [3.05, 3.63) is 77.0 Å². The number of benzene rings is 1. The molecule has 1 atom stereocenters. The second-order valence-corrected chi connectivity index (χ2v) is 7.27. The molecule has 7 nitrogen and oxygen atoms in total. The second-order valence-electron chi connectivity index (χ2n) is 7.27. The molecule has 7 heteroatoms. The molecule has 0 bridgehead atoms. The molecule has 0 fully saturated rings. The van der Waals surface area contributed by atoms with Gasteiger partial charge in [-0.1, -0.05) is 6.07 Å². The van der Waals surface area contributed by atoms with Crippen LogP contribution in [-0.4, -0.2) is 44.6 Å². The molecule has 4 aromatic rings. The van der Waals surface area contributed by atoms with E-state index in [2.05, 4.69) is 20.2 Å². The van der Waals surface area contributed by atoms with Crippen LogP contribution in [0.4, 0.5) is 0 Å². The van der Waals surface area contributed by atoms with Crippen LogP contribution in [0.5, 0.6) is 5.75 Å². The topological polar surface area (TPSA) is 86.9 Å². The minimum atomic E-state index is -0.176. The van der Waals surface area contributed by atoms with Crippen LogP contribution >= 0.6 is 0 Å². The maximum Gasteiger partial charge on any atom is 0.275 e. The highest BCUT2D eigenvalue weighted by Crippen LogP contribution is 2.39. The van der Waals surface area contributed by atoms with Crippen molar-refractivity contribution in [1.82, 2.24) is 25.1 Å². The number of carbonyl (C=O) groups is 1. The van der Waals surface area contributed by atoms with Gasteiger partial charge in [0.2, 0.25) is 0 Å². The van der Waals surface area contributed by atoms with E-state index in [1.54, 1.807) is 13.3 Å². The standard InChI is InChI=1S/C22H21N5O2/c1-13-19-20(26-25-13)22(28)27(21(19)15-4-3-8-23-11-15)9-7-14-12-24-18-6-5-16(29-2)10-17(14)18/h3-6,8,10-12,21,24H,7,9H2,1-2H3,(H,25,26). The summed E-state index contributed by atoms with van der Waals surface area (Å²) in [7, 11) is 1.67. The van der Waals surface area contributed by atoms with E-state index in [-0.39, 0.29) is 11.9 Å². The van der Waals surface area contributed by atoms with Gasteiger partial charge >= 0.3 is 0 Å². The number of carbonyl (C=O) groups excluding carboxylic acids is 1. The summed E-state index contributed by atoms with van der Waals surface area (Å²) in [4.78, 5) is 22.6. The Balaban J connectivity index is 1.48. The number of pyridine rings is 1. The summed E-state index contributed by atoms with van der Waals surface area (Å²) in [5.41, 5.74) is 5.58. The van der Waals surface area contributed by atoms with Gasteiger partial charge in [0.1, 0.15) is 5.75 Å². The number of aryl methyl sites for hydroxylation is 1. The fourth-order valence-corrected chi connectivity index (χ4v) is 4.19. The molecule has 1 amide bonds. The van der Waals surface area contributed by atoms with Crippen LogP contribution in [0, 0.1) is 6.92 Å². The molecule has 0 spiro atoms. The highest BCUT2D eigenvalue weighted by molar-refractivity contribution is 5.98. The monoisotopic (exact) mass is 387 g/mol. The van der Waals surface area contributed by atoms with Crippen molar-refractivity contribution in [2.45, 2.75) is 19.4 Å². The summed E-state index contributed by atoms with van der Waals surface area (Å²) in [5.74, 6) is 0.773. The molecule has 29 heavy (non-hydrogen) atoms. The number of hydrogen-bond donors (Lipinski definition) is 2. The van der Waals surface area contributed by atoms with Gasteiger partial charge in [-0.3, -0.25) is 14.9 Å². The van der Waals surface area contributed by atoms with E-state index in [9.17, 15) is 4.79 Å². The Morgan fingerprint density at radius 2 is 2.17 bits per heavy atom. The van der Waals surface area contributed by atoms with Gasteiger partial charge in [0.25, 0.3) is 5.91 Å². The summed E-state index contributed by atoms with van der Waals surface area (Å²) in [6, 6.07) is 9.71. The molecule has 1 unspecified atom stereocenters. The van der Waals surface area contributed by atoms with Gasteiger partial charge in [-0.25, -0.2) is 0 Å². The fourth-order valence-electron chi connectivity index (χ4n) is 4.19. The number of aromatic nitrogens is 4. The molecule has 2 N–H and O–H groups in total. The van der Waals surface area contributed by atoms with Crippen LogP contribution in [0.15, 0.2) is 48.9 Å². The molecule has 0 radical (unpaired) electrons. The predicted octanol–water partition coefficient (Wildman–Crippen LogP) is 3.39. The molecule has 146 valence electrons. The van der Waals surface area contributed by atoms with Gasteiger partial charge in [-0.2, -0.15) is 5.10 Å². The fraction of sp³-hybridized carbons (Fsp3) is 0.227. The smallest absolute Gasteiger partial charge is 0.275 e. The first-order chi connectivity index (χ1) is 14.2. The van der Waals surface area contributed by atoms with Gasteiger partial charge in [-0.15, -0.1) is 0 Å². The molecule has 1 aromatic carbocycles. The summed E-state index contributed by atoms with van der Waals surface area (Å²) in [6.45, 7) is 2.54. The van der Waals surface area contributed by atoms with Gasteiger partial charge in [0.05, 0.1) is 13.2 Å². The van der Waals surface area contributed by atoms with Crippen molar-refractivity contribution in [1.29, 1.82) is 0 Å². The maximum absolute atomic E-state index is 13.1. The molecule has 3 aromatic heterocycles. The molecule has 0 saturated carbocycles. The number of methoxy groups -OCH3 is 1. The molecule has 0 aliphatic carbocycles. The van der Waals surface area contributed by atoms with E-state index in [1.807, 2.05) is 54.5 Å². The zero-order valence-electron chi connectivity index (χ0n) is 16.3. The first-order valence-electron chi connectivity index (χ1n) is 9.57. The highest BCUT2D eigenvalue weighted by Gasteiger charge is 2.41. The van der Waals surface area contributed by atoms with Gasteiger partial charge in [-0.05, 0) is 48.7 Å². The third-order valence-electron chi connectivity index (χ3n) is 5.64. The third-order valence-corrected chi connectivity index (χ3v) is 5.64. The van der Waals surface area contributed by atoms with E-state index in [1.165, 1.54) is 0 Å². The number of nitrogens with one attached hydrogen (secondary N) is 2. The van der Waals surface area contributed by atoms with Crippen molar-refractivity contribution in [3.8, 4) is 5.75 Å². The number of hydrogen-bond acceptors (Lipinski definition) is 4. The molecular formula is C22H21N5O2. The van der Waals surface area contributed by atoms with Crippen molar-refractivity contribution in [3.63, 3.8) is 0 Å². The van der Waals surface area contributed by atoms with Gasteiger partial charge < -0.3 is 14.6 Å². The van der Waals surface area contributed by atoms with E-state index < -0.39 is 0 Å². The van der Waals surface area contributed by atoms with Crippen LogP contribution in [0.2, 0.25) is 0 Å². The van der Waals surface area contributed by atoms with Gasteiger partial charge in [0.15, 0.2) is 5.69 Å². The van der Waals surface area contributed by atoms with Crippen molar-refractivity contribution >= 4 is 16.8 Å². The Hall–Kier alpha value is -3.61. The van der Waals surface area contributed by atoms with Gasteiger partial charge in [0, 0.05) is 47.3 Å². The summed E-state index contributed by atoms with van der Waals surface area (Å²) in [5, 5.41) is 8.34. The number of rotatable bonds is 5. The lowest BCUT2D eigenvalue weighted by atomic mass is 10.0. The van der Waals surface area contributed by atoms with E-state index in [0.717, 1.165) is 45.5 Å². The second kappa shape index (κ2) is 6.77. The Morgan fingerprint density at radius 3 is 2.97 bits per heavy atom. The lowest BCUT2D eigenvalue weighted by Crippen LogP contribution is -2.31. The average Bonchev–Trinajstić information content (AvgIpc) is 3.41. The number of ether oxygens (including phenoxy) is 1. The SMILES string of the molecule is COc1ccc2[nH]cc(CCN3C(=O)c4n[nH]c(C)c4C3c3cccnc3)c2c1. The Labute approximate surface area is 167 Å². The zero-order valence-corrected chi connectivity index (χ0v) is 16.3. The zero-order chi connectivity index (χ0) is 20.0. The molecule has 0 saturated heterocycles. The molecule has 5 rings (SSSR count). The number of nitrogens with zero attached hydrogens (tertiary/aromatic N) is 3. The molecule has 1 aliphatic heterocycles. The quantitative estimate of drug-likeness (QED) is 0.550. The largest absolute Gasteiger partial charge is 0.497 e. The molecular weight excluding hydrogens is 366 g/mol. The van der Waals surface area contributed by atoms with E-state index in [0.29, 0.717) is 12.2 Å². The summed E-state index contributed by atoms with van der Waals surface area (Å²) < 4.78 is 5.36. The van der Waals surface area contributed by atoms with Crippen LogP contribution in [0.1, 0.15) is 38.9 Å². The van der Waals surface area contributed by atoms with Crippen LogP contribution in [0.3, 0.4) is 0 Å². The Bertz CT molecular complexity index is 1190. The minimum absolute atomic E-state index is 0.0457. The minimum Gasteiger partial charge on any atom is -0.497 e. The number of fused-ring (bicyclic) bond motifs is 2. The summed E-state index contributed by atoms with van der Waals surface area (Å²) >= 11 is 0.